The van der Waals surface area contributed by atoms with Crippen molar-refractivity contribution in [3.8, 4) is 5.75 Å². The van der Waals surface area contributed by atoms with E-state index in [1.807, 2.05) is 12.1 Å². The molecule has 0 bridgehead atoms. The molecule has 1 atom stereocenters. The number of methoxy groups -OCH3 is 1. The highest BCUT2D eigenvalue weighted by atomic mass is 16.5. The Bertz CT molecular complexity index is 396. The fraction of sp³-hybridized carbons (Fsp3) is 0.667. The lowest BCUT2D eigenvalue weighted by Crippen LogP contribution is -2.28. The number of para-hydroxylation sites is 1. The Labute approximate surface area is 123 Å². The zero-order valence-electron chi connectivity index (χ0n) is 13.2. The van der Waals surface area contributed by atoms with E-state index in [1.165, 1.54) is 37.7 Å². The lowest BCUT2D eigenvalue weighted by molar-refractivity contribution is 0.257. The van der Waals surface area contributed by atoms with Crippen molar-refractivity contribution in [1.82, 2.24) is 5.32 Å². The molecule has 1 saturated carbocycles. The van der Waals surface area contributed by atoms with Gasteiger partial charge in [0.1, 0.15) is 5.75 Å². The molecule has 2 nitrogen and oxygen atoms in total. The van der Waals surface area contributed by atoms with Crippen molar-refractivity contribution in [2.24, 2.45) is 11.8 Å². The van der Waals surface area contributed by atoms with E-state index >= 15 is 0 Å². The van der Waals surface area contributed by atoms with E-state index in [1.54, 1.807) is 7.11 Å². The van der Waals surface area contributed by atoms with Gasteiger partial charge in [0.2, 0.25) is 0 Å². The Morgan fingerprint density at radius 2 is 1.80 bits per heavy atom. The molecule has 112 valence electrons. The first-order valence-corrected chi connectivity index (χ1v) is 8.10. The van der Waals surface area contributed by atoms with Crippen molar-refractivity contribution >= 4 is 0 Å². The van der Waals surface area contributed by atoms with Crippen LogP contribution < -0.4 is 10.1 Å². The van der Waals surface area contributed by atoms with Crippen LogP contribution in [0, 0.1) is 11.8 Å². The molecule has 1 unspecified atom stereocenters. The Morgan fingerprint density at radius 1 is 1.15 bits per heavy atom. The SMILES string of the molecule is CCC1CCC(CNC(C)c2ccccc2OC)CC1. The van der Waals surface area contributed by atoms with Gasteiger partial charge in [0, 0.05) is 11.6 Å². The zero-order valence-corrected chi connectivity index (χ0v) is 13.2. The maximum Gasteiger partial charge on any atom is 0.123 e. The van der Waals surface area contributed by atoms with E-state index in [4.69, 9.17) is 4.74 Å². The summed E-state index contributed by atoms with van der Waals surface area (Å²) in [5.74, 6) is 2.83. The highest BCUT2D eigenvalue weighted by Gasteiger charge is 2.20. The summed E-state index contributed by atoms with van der Waals surface area (Å²) in [7, 11) is 1.75. The summed E-state index contributed by atoms with van der Waals surface area (Å²) in [4.78, 5) is 0. The minimum absolute atomic E-state index is 0.357. The standard InChI is InChI=1S/C18H29NO/c1-4-15-9-11-16(12-10-15)13-19-14(2)17-7-5-6-8-18(17)20-3/h5-8,14-16,19H,4,9-13H2,1-3H3. The van der Waals surface area contributed by atoms with Gasteiger partial charge in [-0.05, 0) is 44.2 Å². The molecule has 20 heavy (non-hydrogen) atoms. The Morgan fingerprint density at radius 3 is 2.45 bits per heavy atom. The van der Waals surface area contributed by atoms with Crippen LogP contribution in [-0.4, -0.2) is 13.7 Å². The summed E-state index contributed by atoms with van der Waals surface area (Å²) in [6.45, 7) is 5.69. The quantitative estimate of drug-likeness (QED) is 0.821. The normalized spacial score (nSPS) is 24.4. The third kappa shape index (κ3) is 3.99. The summed E-state index contributed by atoms with van der Waals surface area (Å²) in [6.07, 6.45) is 6.99. The molecule has 2 rings (SSSR count). The van der Waals surface area contributed by atoms with Gasteiger partial charge in [-0.3, -0.25) is 0 Å². The number of nitrogens with one attached hydrogen (secondary N) is 1. The van der Waals surface area contributed by atoms with Crippen LogP contribution in [-0.2, 0) is 0 Å². The van der Waals surface area contributed by atoms with Crippen LogP contribution in [0.4, 0.5) is 0 Å². The van der Waals surface area contributed by atoms with Crippen LogP contribution >= 0.6 is 0 Å². The topological polar surface area (TPSA) is 21.3 Å². The highest BCUT2D eigenvalue weighted by Crippen LogP contribution is 2.31. The van der Waals surface area contributed by atoms with Gasteiger partial charge in [-0.2, -0.15) is 0 Å². The second kappa shape index (κ2) is 7.68. The average molecular weight is 275 g/mol. The Kier molecular flexibility index (Phi) is 5.90. The molecule has 1 aliphatic carbocycles. The molecule has 0 saturated heterocycles. The lowest BCUT2D eigenvalue weighted by Gasteiger charge is -2.29. The summed E-state index contributed by atoms with van der Waals surface area (Å²) >= 11 is 0. The van der Waals surface area contributed by atoms with Crippen molar-refractivity contribution in [2.75, 3.05) is 13.7 Å². The molecule has 0 aromatic heterocycles. The minimum Gasteiger partial charge on any atom is -0.496 e. The van der Waals surface area contributed by atoms with Crippen molar-refractivity contribution in [2.45, 2.75) is 52.0 Å². The van der Waals surface area contributed by atoms with Crippen molar-refractivity contribution < 1.29 is 4.74 Å². The smallest absolute Gasteiger partial charge is 0.123 e. The monoisotopic (exact) mass is 275 g/mol. The van der Waals surface area contributed by atoms with Gasteiger partial charge in [-0.15, -0.1) is 0 Å². The molecule has 0 radical (unpaired) electrons. The summed E-state index contributed by atoms with van der Waals surface area (Å²) in [6, 6.07) is 8.67. The third-order valence-electron chi connectivity index (χ3n) is 4.86. The average Bonchev–Trinajstić information content (AvgIpc) is 2.53. The number of benzene rings is 1. The van der Waals surface area contributed by atoms with Gasteiger partial charge in [-0.1, -0.05) is 44.4 Å². The van der Waals surface area contributed by atoms with Gasteiger partial charge >= 0.3 is 0 Å². The number of ether oxygens (including phenoxy) is 1. The third-order valence-corrected chi connectivity index (χ3v) is 4.86. The van der Waals surface area contributed by atoms with Crippen LogP contribution in [0.5, 0.6) is 5.75 Å². The largest absolute Gasteiger partial charge is 0.496 e. The van der Waals surface area contributed by atoms with Gasteiger partial charge in [-0.25, -0.2) is 0 Å². The number of rotatable bonds is 6. The van der Waals surface area contributed by atoms with E-state index in [2.05, 4.69) is 31.3 Å². The molecule has 1 aromatic rings. The van der Waals surface area contributed by atoms with Gasteiger partial charge in [0.15, 0.2) is 0 Å². The second-order valence-electron chi connectivity index (χ2n) is 6.17. The van der Waals surface area contributed by atoms with E-state index in [-0.39, 0.29) is 0 Å². The van der Waals surface area contributed by atoms with Crippen molar-refractivity contribution in [1.29, 1.82) is 0 Å². The first-order valence-electron chi connectivity index (χ1n) is 8.10. The maximum absolute atomic E-state index is 5.45. The van der Waals surface area contributed by atoms with Crippen molar-refractivity contribution in [3.05, 3.63) is 29.8 Å². The molecule has 1 aromatic carbocycles. The second-order valence-corrected chi connectivity index (χ2v) is 6.17. The van der Waals surface area contributed by atoms with E-state index in [0.29, 0.717) is 6.04 Å². The zero-order chi connectivity index (χ0) is 14.4. The maximum atomic E-state index is 5.45. The van der Waals surface area contributed by atoms with Crippen molar-refractivity contribution in [3.63, 3.8) is 0 Å². The van der Waals surface area contributed by atoms with E-state index < -0.39 is 0 Å². The number of hydrogen-bond acceptors (Lipinski definition) is 2. The fourth-order valence-electron chi connectivity index (χ4n) is 3.32. The van der Waals surface area contributed by atoms with Crippen LogP contribution in [0.3, 0.4) is 0 Å². The fourth-order valence-corrected chi connectivity index (χ4v) is 3.32. The predicted octanol–water partition coefficient (Wildman–Crippen LogP) is 4.56. The van der Waals surface area contributed by atoms with Crippen LogP contribution in [0.15, 0.2) is 24.3 Å². The summed E-state index contributed by atoms with van der Waals surface area (Å²) in [5.41, 5.74) is 1.26. The first kappa shape index (κ1) is 15.4. The number of hydrogen-bond donors (Lipinski definition) is 1. The molecular weight excluding hydrogens is 246 g/mol. The molecular formula is C18H29NO. The van der Waals surface area contributed by atoms with E-state index in [9.17, 15) is 0 Å². The summed E-state index contributed by atoms with van der Waals surface area (Å²) in [5, 5.41) is 3.70. The minimum atomic E-state index is 0.357. The molecule has 1 aliphatic rings. The first-order chi connectivity index (χ1) is 9.74. The molecule has 2 heteroatoms. The lowest BCUT2D eigenvalue weighted by atomic mass is 9.81. The van der Waals surface area contributed by atoms with Crippen LogP contribution in [0.2, 0.25) is 0 Å². The van der Waals surface area contributed by atoms with Crippen LogP contribution in [0.1, 0.15) is 57.6 Å². The highest BCUT2D eigenvalue weighted by molar-refractivity contribution is 5.35. The molecule has 0 spiro atoms. The molecule has 0 aliphatic heterocycles. The molecule has 0 amide bonds. The molecule has 1 N–H and O–H groups in total. The summed E-state index contributed by atoms with van der Waals surface area (Å²) < 4.78 is 5.45. The Hall–Kier alpha value is -1.02. The van der Waals surface area contributed by atoms with Crippen LogP contribution in [0.25, 0.3) is 0 Å². The molecule has 0 heterocycles. The van der Waals surface area contributed by atoms with Gasteiger partial charge in [0.25, 0.3) is 0 Å². The Balaban J connectivity index is 1.82. The predicted molar refractivity (Wildman–Crippen MR) is 85.2 cm³/mol. The van der Waals surface area contributed by atoms with Gasteiger partial charge < -0.3 is 10.1 Å². The molecule has 1 fully saturated rings. The van der Waals surface area contributed by atoms with E-state index in [0.717, 1.165) is 24.1 Å². The van der Waals surface area contributed by atoms with Gasteiger partial charge in [0.05, 0.1) is 7.11 Å².